The molecule has 4 nitrogen and oxygen atoms in total. The van der Waals surface area contributed by atoms with Gasteiger partial charge in [0.05, 0.1) is 10.6 Å². The summed E-state index contributed by atoms with van der Waals surface area (Å²) in [4.78, 5) is 26.7. The van der Waals surface area contributed by atoms with Crippen LogP contribution in [0.3, 0.4) is 0 Å². The van der Waals surface area contributed by atoms with E-state index in [2.05, 4.69) is 5.32 Å². The van der Waals surface area contributed by atoms with E-state index in [4.69, 9.17) is 11.6 Å². The van der Waals surface area contributed by atoms with E-state index in [0.717, 1.165) is 24.0 Å². The molecule has 0 aromatic heterocycles. The Hall–Kier alpha value is -2.33. The lowest BCUT2D eigenvalue weighted by atomic mass is 10.0. The van der Waals surface area contributed by atoms with Crippen LogP contribution in [0.1, 0.15) is 36.5 Å². The summed E-state index contributed by atoms with van der Waals surface area (Å²) in [6.07, 6.45) is 2.35. The van der Waals surface area contributed by atoms with Crippen molar-refractivity contribution in [2.45, 2.75) is 32.2 Å². The topological polar surface area (TPSA) is 49.4 Å². The lowest BCUT2D eigenvalue weighted by Gasteiger charge is -2.25. The second-order valence-corrected chi connectivity index (χ2v) is 7.44. The molecule has 1 N–H and O–H groups in total. The second-order valence-electron chi connectivity index (χ2n) is 7.04. The predicted molar refractivity (Wildman–Crippen MR) is 109 cm³/mol. The minimum Gasteiger partial charge on any atom is -0.356 e. The van der Waals surface area contributed by atoms with Crippen LogP contribution in [0.4, 0.5) is 0 Å². The molecular formula is C22H25ClN2O2. The first kappa shape index (κ1) is 19.4. The van der Waals surface area contributed by atoms with Crippen molar-refractivity contribution in [3.05, 3.63) is 59.1 Å². The summed E-state index contributed by atoms with van der Waals surface area (Å²) in [5, 5.41) is 3.33. The summed E-state index contributed by atoms with van der Waals surface area (Å²) in [7, 11) is 1.80. The second kappa shape index (κ2) is 8.57. The number of rotatable bonds is 5. The van der Waals surface area contributed by atoms with Gasteiger partial charge in [0.25, 0.3) is 5.91 Å². The first-order chi connectivity index (χ1) is 13.0. The maximum atomic E-state index is 12.9. The van der Waals surface area contributed by atoms with Crippen molar-refractivity contribution >= 4 is 23.4 Å². The van der Waals surface area contributed by atoms with Crippen LogP contribution in [0.25, 0.3) is 11.1 Å². The number of halogens is 1. The van der Waals surface area contributed by atoms with Crippen LogP contribution < -0.4 is 5.32 Å². The van der Waals surface area contributed by atoms with E-state index < -0.39 is 0 Å². The molecule has 1 saturated carbocycles. The third kappa shape index (κ3) is 4.33. The smallest absolute Gasteiger partial charge is 0.255 e. The zero-order valence-electron chi connectivity index (χ0n) is 15.7. The van der Waals surface area contributed by atoms with Gasteiger partial charge in [0, 0.05) is 25.6 Å². The molecule has 0 saturated heterocycles. The van der Waals surface area contributed by atoms with Gasteiger partial charge < -0.3 is 10.2 Å². The van der Waals surface area contributed by atoms with Gasteiger partial charge in [-0.3, -0.25) is 9.59 Å². The molecule has 1 fully saturated rings. The van der Waals surface area contributed by atoms with Gasteiger partial charge in [-0.25, -0.2) is 0 Å². The van der Waals surface area contributed by atoms with Crippen molar-refractivity contribution < 1.29 is 9.59 Å². The van der Waals surface area contributed by atoms with Crippen LogP contribution in [-0.4, -0.2) is 36.3 Å². The van der Waals surface area contributed by atoms with E-state index in [1.165, 1.54) is 0 Å². The summed E-state index contributed by atoms with van der Waals surface area (Å²) in [5.74, 6) is -0.0200. The molecule has 3 rings (SSSR count). The van der Waals surface area contributed by atoms with Crippen LogP contribution in [0, 0.1) is 5.92 Å². The van der Waals surface area contributed by atoms with Crippen molar-refractivity contribution in [3.8, 4) is 11.1 Å². The number of amides is 2. The maximum Gasteiger partial charge on any atom is 0.255 e. The van der Waals surface area contributed by atoms with Gasteiger partial charge in [-0.2, -0.15) is 0 Å². The third-order valence-electron chi connectivity index (χ3n) is 5.30. The molecule has 1 aliphatic rings. The Morgan fingerprint density at radius 2 is 1.85 bits per heavy atom. The van der Waals surface area contributed by atoms with E-state index in [-0.39, 0.29) is 23.8 Å². The predicted octanol–water partition coefficient (Wildman–Crippen LogP) is 4.38. The molecule has 2 aromatic rings. The Balaban J connectivity index is 1.71. The number of hydrogen-bond acceptors (Lipinski definition) is 2. The number of hydrogen-bond donors (Lipinski definition) is 1. The van der Waals surface area contributed by atoms with Gasteiger partial charge in [0.1, 0.15) is 0 Å². The van der Waals surface area contributed by atoms with E-state index in [1.54, 1.807) is 18.0 Å². The van der Waals surface area contributed by atoms with Gasteiger partial charge in [0.2, 0.25) is 5.91 Å². The zero-order chi connectivity index (χ0) is 19.4. The quantitative estimate of drug-likeness (QED) is 0.831. The Morgan fingerprint density at radius 3 is 2.52 bits per heavy atom. The van der Waals surface area contributed by atoms with E-state index in [1.807, 2.05) is 49.4 Å². The minimum absolute atomic E-state index is 0.0128. The molecule has 142 valence electrons. The van der Waals surface area contributed by atoms with Crippen LogP contribution in [0.2, 0.25) is 5.02 Å². The van der Waals surface area contributed by atoms with E-state index in [9.17, 15) is 9.59 Å². The highest BCUT2D eigenvalue weighted by atomic mass is 35.5. The SMILES string of the molecule is CCNC(=O)[C@H]1CC[C@@H](N(C)C(=O)c2ccc(-c3ccccc3)cc2Cl)C1. The summed E-state index contributed by atoms with van der Waals surface area (Å²) >= 11 is 6.43. The highest BCUT2D eigenvalue weighted by Crippen LogP contribution is 2.31. The maximum absolute atomic E-state index is 12.9. The molecule has 2 amide bonds. The Kier molecular flexibility index (Phi) is 6.17. The molecule has 5 heteroatoms. The first-order valence-corrected chi connectivity index (χ1v) is 9.79. The molecule has 0 heterocycles. The largest absolute Gasteiger partial charge is 0.356 e. The van der Waals surface area contributed by atoms with Gasteiger partial charge in [-0.15, -0.1) is 0 Å². The number of carbonyl (C=O) groups is 2. The normalized spacial score (nSPS) is 18.9. The van der Waals surface area contributed by atoms with Crippen LogP contribution >= 0.6 is 11.6 Å². The zero-order valence-corrected chi connectivity index (χ0v) is 16.5. The summed E-state index contributed by atoms with van der Waals surface area (Å²) < 4.78 is 0. The number of nitrogens with one attached hydrogen (secondary N) is 1. The van der Waals surface area contributed by atoms with Crippen molar-refractivity contribution in [1.29, 1.82) is 0 Å². The monoisotopic (exact) mass is 384 g/mol. The fourth-order valence-corrected chi connectivity index (χ4v) is 3.98. The van der Waals surface area contributed by atoms with Crippen LogP contribution in [0.5, 0.6) is 0 Å². The van der Waals surface area contributed by atoms with Gasteiger partial charge in [0.15, 0.2) is 0 Å². The Labute approximate surface area is 165 Å². The number of nitrogens with zero attached hydrogens (tertiary/aromatic N) is 1. The van der Waals surface area contributed by atoms with Crippen molar-refractivity contribution in [1.82, 2.24) is 10.2 Å². The summed E-state index contributed by atoms with van der Waals surface area (Å²) in [5.41, 5.74) is 2.55. The lowest BCUT2D eigenvalue weighted by molar-refractivity contribution is -0.124. The van der Waals surface area contributed by atoms with Gasteiger partial charge in [-0.1, -0.05) is 48.0 Å². The molecule has 0 unspecified atom stereocenters. The highest BCUT2D eigenvalue weighted by Gasteiger charge is 2.34. The highest BCUT2D eigenvalue weighted by molar-refractivity contribution is 6.34. The molecular weight excluding hydrogens is 360 g/mol. The van der Waals surface area contributed by atoms with Crippen molar-refractivity contribution in [2.75, 3.05) is 13.6 Å². The fourth-order valence-electron chi connectivity index (χ4n) is 3.72. The van der Waals surface area contributed by atoms with Gasteiger partial charge >= 0.3 is 0 Å². The van der Waals surface area contributed by atoms with Crippen molar-refractivity contribution in [3.63, 3.8) is 0 Å². The lowest BCUT2D eigenvalue weighted by Crippen LogP contribution is -2.36. The standard InChI is InChI=1S/C22H25ClN2O2/c1-3-24-21(26)17-9-11-18(13-17)25(2)22(27)19-12-10-16(14-20(19)23)15-7-5-4-6-8-15/h4-8,10,12,14,17-18H,3,9,11,13H2,1-2H3,(H,24,26)/t17-,18+/m0/s1. The molecule has 27 heavy (non-hydrogen) atoms. The average molecular weight is 385 g/mol. The first-order valence-electron chi connectivity index (χ1n) is 9.41. The van der Waals surface area contributed by atoms with Crippen LogP contribution in [0.15, 0.2) is 48.5 Å². The van der Waals surface area contributed by atoms with Gasteiger partial charge in [-0.05, 0) is 49.4 Å². The van der Waals surface area contributed by atoms with Crippen LogP contribution in [-0.2, 0) is 4.79 Å². The molecule has 0 bridgehead atoms. The molecule has 2 atom stereocenters. The Bertz CT molecular complexity index is 822. The van der Waals surface area contributed by atoms with Crippen molar-refractivity contribution in [2.24, 2.45) is 5.92 Å². The fraction of sp³-hybridized carbons (Fsp3) is 0.364. The molecule has 0 aliphatic heterocycles. The molecule has 0 radical (unpaired) electrons. The van der Waals surface area contributed by atoms with E-state index >= 15 is 0 Å². The molecule has 1 aliphatic carbocycles. The summed E-state index contributed by atoms with van der Waals surface area (Å²) in [6.45, 7) is 2.55. The summed E-state index contributed by atoms with van der Waals surface area (Å²) in [6, 6.07) is 15.6. The average Bonchev–Trinajstić information content (AvgIpc) is 3.18. The molecule has 0 spiro atoms. The Morgan fingerprint density at radius 1 is 1.11 bits per heavy atom. The third-order valence-corrected chi connectivity index (χ3v) is 5.61. The number of carbonyl (C=O) groups excluding carboxylic acids is 2. The molecule has 2 aromatic carbocycles. The minimum atomic E-state index is -0.0961. The number of benzene rings is 2. The van der Waals surface area contributed by atoms with E-state index in [0.29, 0.717) is 23.6 Å².